The van der Waals surface area contributed by atoms with Gasteiger partial charge in [-0.2, -0.15) is 17.6 Å². The summed E-state index contributed by atoms with van der Waals surface area (Å²) in [6, 6.07) is 7.42. The van der Waals surface area contributed by atoms with Gasteiger partial charge in [0.25, 0.3) is 5.91 Å². The third-order valence-corrected chi connectivity index (χ3v) is 5.28. The second-order valence-electron chi connectivity index (χ2n) is 7.21. The molecule has 2 aromatic rings. The number of carbonyl (C=O) groups excluding carboxylic acids is 1. The smallest absolute Gasteiger partial charge is 0.475 e. The van der Waals surface area contributed by atoms with E-state index in [4.69, 9.17) is 9.90 Å². The molecule has 0 saturated carbocycles. The van der Waals surface area contributed by atoms with Crippen molar-refractivity contribution in [2.75, 3.05) is 13.1 Å². The number of hydrogen-bond donors (Lipinski definition) is 1. The van der Waals surface area contributed by atoms with Gasteiger partial charge in [0.2, 0.25) is 5.95 Å². The van der Waals surface area contributed by atoms with E-state index < -0.39 is 18.1 Å². The van der Waals surface area contributed by atoms with Crippen LogP contribution in [0.5, 0.6) is 0 Å². The summed E-state index contributed by atoms with van der Waals surface area (Å²) in [5, 5.41) is 7.12. The number of carboxylic acids is 1. The first-order valence-electron chi connectivity index (χ1n) is 9.52. The topological polar surface area (TPSA) is 86.6 Å². The van der Waals surface area contributed by atoms with Crippen molar-refractivity contribution in [3.63, 3.8) is 0 Å². The van der Waals surface area contributed by atoms with Crippen molar-refractivity contribution >= 4 is 11.9 Å². The molecule has 2 fully saturated rings. The van der Waals surface area contributed by atoms with Crippen molar-refractivity contribution in [2.24, 2.45) is 0 Å². The minimum Gasteiger partial charge on any atom is -0.475 e. The molecule has 2 atom stereocenters. The van der Waals surface area contributed by atoms with Crippen LogP contribution in [0.2, 0.25) is 0 Å². The van der Waals surface area contributed by atoms with Crippen LogP contribution in [-0.2, 0) is 11.3 Å². The highest BCUT2D eigenvalue weighted by Crippen LogP contribution is 2.33. The van der Waals surface area contributed by atoms with Crippen LogP contribution >= 0.6 is 0 Å². The fourth-order valence-corrected chi connectivity index (χ4v) is 3.95. The number of halogens is 4. The number of amides is 1. The summed E-state index contributed by atoms with van der Waals surface area (Å²) >= 11 is 0. The predicted molar refractivity (Wildman–Crippen MR) is 100 cm³/mol. The molecule has 11 heteroatoms. The van der Waals surface area contributed by atoms with Crippen LogP contribution in [0.1, 0.15) is 28.8 Å². The van der Waals surface area contributed by atoms with Crippen LogP contribution in [0.4, 0.5) is 17.6 Å². The highest BCUT2D eigenvalue weighted by atomic mass is 19.4. The van der Waals surface area contributed by atoms with Crippen molar-refractivity contribution in [3.8, 4) is 0 Å². The molecule has 2 aromatic heterocycles. The molecule has 2 aliphatic heterocycles. The maximum Gasteiger partial charge on any atom is 0.490 e. The van der Waals surface area contributed by atoms with Crippen molar-refractivity contribution < 1.29 is 32.3 Å². The Kier molecular flexibility index (Phi) is 6.84. The molecule has 4 rings (SSSR count). The van der Waals surface area contributed by atoms with E-state index in [1.54, 1.807) is 12.3 Å². The minimum absolute atomic E-state index is 0.0907. The highest BCUT2D eigenvalue weighted by molar-refractivity contribution is 5.94. The van der Waals surface area contributed by atoms with Gasteiger partial charge in [-0.1, -0.05) is 6.07 Å². The van der Waals surface area contributed by atoms with Gasteiger partial charge in [0.1, 0.15) is 0 Å². The Labute approximate surface area is 175 Å². The molecule has 0 bridgehead atoms. The second kappa shape index (κ2) is 9.38. The maximum absolute atomic E-state index is 13.3. The lowest BCUT2D eigenvalue weighted by molar-refractivity contribution is -0.192. The molecule has 31 heavy (non-hydrogen) atoms. The number of aromatic nitrogens is 2. The summed E-state index contributed by atoms with van der Waals surface area (Å²) in [6.07, 6.45) is 1.86. The van der Waals surface area contributed by atoms with E-state index in [0.717, 1.165) is 32.5 Å². The summed E-state index contributed by atoms with van der Waals surface area (Å²) in [4.78, 5) is 33.6. The number of alkyl halides is 3. The molecule has 1 N–H and O–H groups in total. The van der Waals surface area contributed by atoms with Crippen LogP contribution < -0.4 is 0 Å². The zero-order chi connectivity index (χ0) is 22.6. The number of nitrogens with zero attached hydrogens (tertiary/aromatic N) is 4. The molecule has 166 valence electrons. The molecule has 2 aliphatic rings. The Bertz CT molecular complexity index is 926. The molecule has 1 amide bonds. The van der Waals surface area contributed by atoms with Crippen molar-refractivity contribution in [1.82, 2.24) is 19.8 Å². The molecular formula is C20H20F4N4O3. The van der Waals surface area contributed by atoms with Gasteiger partial charge in [0.05, 0.1) is 0 Å². The molecule has 2 saturated heterocycles. The zero-order valence-corrected chi connectivity index (χ0v) is 16.3. The quantitative estimate of drug-likeness (QED) is 0.584. The van der Waals surface area contributed by atoms with E-state index in [-0.39, 0.29) is 11.9 Å². The van der Waals surface area contributed by atoms with Crippen LogP contribution in [0.3, 0.4) is 0 Å². The number of hydrogen-bond acceptors (Lipinski definition) is 5. The molecule has 4 heterocycles. The number of aliphatic carboxylic acids is 1. The van der Waals surface area contributed by atoms with E-state index in [0.29, 0.717) is 11.6 Å². The first-order chi connectivity index (χ1) is 14.7. The summed E-state index contributed by atoms with van der Waals surface area (Å²) in [7, 11) is 0. The van der Waals surface area contributed by atoms with Gasteiger partial charge in [-0.15, -0.1) is 0 Å². The molecule has 7 nitrogen and oxygen atoms in total. The van der Waals surface area contributed by atoms with Crippen LogP contribution in [0, 0.1) is 5.95 Å². The Morgan fingerprint density at radius 1 is 1.13 bits per heavy atom. The van der Waals surface area contributed by atoms with E-state index >= 15 is 0 Å². The van der Waals surface area contributed by atoms with E-state index in [1.165, 1.54) is 17.8 Å². The first-order valence-corrected chi connectivity index (χ1v) is 9.52. The van der Waals surface area contributed by atoms with Crippen LogP contribution in [0.15, 0.2) is 42.9 Å². The monoisotopic (exact) mass is 440 g/mol. The number of fused-ring (bicyclic) bond motifs is 1. The maximum atomic E-state index is 13.3. The Morgan fingerprint density at radius 2 is 1.84 bits per heavy atom. The zero-order valence-electron chi connectivity index (χ0n) is 16.3. The number of carbonyl (C=O) groups is 2. The first kappa shape index (κ1) is 22.6. The average molecular weight is 440 g/mol. The van der Waals surface area contributed by atoms with E-state index in [9.17, 15) is 22.4 Å². The largest absolute Gasteiger partial charge is 0.490 e. The molecule has 0 radical (unpaired) electrons. The summed E-state index contributed by atoms with van der Waals surface area (Å²) in [6.45, 7) is 2.56. The predicted octanol–water partition coefficient (Wildman–Crippen LogP) is 2.74. The highest BCUT2D eigenvalue weighted by Gasteiger charge is 2.44. The van der Waals surface area contributed by atoms with Gasteiger partial charge < -0.3 is 10.0 Å². The molecule has 0 aliphatic carbocycles. The Balaban J connectivity index is 0.000000339. The number of likely N-dealkylation sites (tertiary alicyclic amines) is 2. The summed E-state index contributed by atoms with van der Waals surface area (Å²) < 4.78 is 45.0. The molecular weight excluding hydrogens is 420 g/mol. The van der Waals surface area contributed by atoms with Gasteiger partial charge in [0, 0.05) is 61.9 Å². The molecule has 0 aromatic carbocycles. The van der Waals surface area contributed by atoms with Gasteiger partial charge in [-0.3, -0.25) is 14.7 Å². The summed E-state index contributed by atoms with van der Waals surface area (Å²) in [5.74, 6) is -3.46. The lowest BCUT2D eigenvalue weighted by Crippen LogP contribution is -2.39. The van der Waals surface area contributed by atoms with Gasteiger partial charge >= 0.3 is 12.1 Å². The Morgan fingerprint density at radius 3 is 2.45 bits per heavy atom. The van der Waals surface area contributed by atoms with Gasteiger partial charge in [-0.05, 0) is 30.5 Å². The molecule has 0 unspecified atom stereocenters. The number of pyridine rings is 2. The fourth-order valence-electron chi connectivity index (χ4n) is 3.95. The number of rotatable bonds is 3. The minimum atomic E-state index is -5.08. The van der Waals surface area contributed by atoms with Crippen molar-refractivity contribution in [1.29, 1.82) is 0 Å². The lowest BCUT2D eigenvalue weighted by atomic mass is 10.1. The SMILES string of the molecule is O=C(O)C(F)(F)F.O=C(c1ccnc(F)c1)N1CC[C@H]2[C@H]1CCN2Cc1cccnc1. The van der Waals surface area contributed by atoms with Gasteiger partial charge in [0.15, 0.2) is 0 Å². The third-order valence-electron chi connectivity index (χ3n) is 5.28. The third kappa shape index (κ3) is 5.54. The second-order valence-corrected chi connectivity index (χ2v) is 7.21. The molecule has 0 spiro atoms. The van der Waals surface area contributed by atoms with Crippen molar-refractivity contribution in [2.45, 2.75) is 37.6 Å². The fraction of sp³-hybridized carbons (Fsp3) is 0.400. The van der Waals surface area contributed by atoms with Crippen molar-refractivity contribution in [3.05, 3.63) is 59.9 Å². The summed E-state index contributed by atoms with van der Waals surface area (Å²) in [5.41, 5.74) is 1.58. The van der Waals surface area contributed by atoms with Crippen LogP contribution in [-0.4, -0.2) is 68.1 Å². The lowest BCUT2D eigenvalue weighted by Gasteiger charge is -2.25. The Hall–Kier alpha value is -3.08. The standard InChI is InChI=1S/C18H19FN4O.C2HF3O2/c19-17-10-14(3-7-21-17)18(24)23-9-5-15-16(23)4-8-22(15)12-13-2-1-6-20-11-13;3-2(4,5)1(6)7/h1-3,6-7,10-11,15-16H,4-5,8-9,12H2;(H,6,7)/t15-,16+;/m0./s1. The van der Waals surface area contributed by atoms with E-state index in [2.05, 4.69) is 20.9 Å². The van der Waals surface area contributed by atoms with Gasteiger partial charge in [-0.25, -0.2) is 9.78 Å². The van der Waals surface area contributed by atoms with Crippen LogP contribution in [0.25, 0.3) is 0 Å². The normalized spacial score (nSPS) is 20.7. The van der Waals surface area contributed by atoms with E-state index in [1.807, 2.05) is 17.2 Å². The average Bonchev–Trinajstić information content (AvgIpc) is 3.31. The number of carboxylic acid groups (broad SMARTS) is 1.